The zero-order valence-electron chi connectivity index (χ0n) is 16.8. The molecule has 4 rings (SSSR count). The van der Waals surface area contributed by atoms with Crippen molar-refractivity contribution in [1.29, 1.82) is 0 Å². The predicted octanol–water partition coefficient (Wildman–Crippen LogP) is 4.55. The van der Waals surface area contributed by atoms with Crippen LogP contribution in [-0.4, -0.2) is 19.4 Å². The number of sulfonamides is 1. The van der Waals surface area contributed by atoms with Gasteiger partial charge in [-0.1, -0.05) is 30.3 Å². The van der Waals surface area contributed by atoms with Gasteiger partial charge in [-0.15, -0.1) is 0 Å². The van der Waals surface area contributed by atoms with Crippen LogP contribution in [0.15, 0.2) is 71.6 Å². The second-order valence-electron chi connectivity index (χ2n) is 7.38. The molecule has 0 aromatic heterocycles. The number of para-hydroxylation sites is 1. The molecule has 3 aromatic rings. The molecule has 0 radical (unpaired) electrons. The minimum atomic E-state index is -4.13. The predicted molar refractivity (Wildman–Crippen MR) is 117 cm³/mol. The lowest BCUT2D eigenvalue weighted by atomic mass is 10.1. The molecule has 0 spiro atoms. The molecule has 0 saturated heterocycles. The van der Waals surface area contributed by atoms with Crippen LogP contribution >= 0.6 is 0 Å². The minimum absolute atomic E-state index is 0.000750. The molecule has 0 unspecified atom stereocenters. The summed E-state index contributed by atoms with van der Waals surface area (Å²) in [7, 11) is -4.13. The zero-order chi connectivity index (χ0) is 22.3. The number of hydrogen-bond acceptors (Lipinski definition) is 5. The Morgan fingerprint density at radius 3 is 2.29 bits per heavy atom. The second kappa shape index (κ2) is 7.51. The van der Waals surface area contributed by atoms with Gasteiger partial charge in [0.05, 0.1) is 22.8 Å². The summed E-state index contributed by atoms with van der Waals surface area (Å²) in [5, 5.41) is 11.1. The minimum Gasteiger partial charge on any atom is -0.287 e. The van der Waals surface area contributed by atoms with Gasteiger partial charge in [0, 0.05) is 12.1 Å². The van der Waals surface area contributed by atoms with Crippen molar-refractivity contribution < 1.29 is 18.1 Å². The lowest BCUT2D eigenvalue weighted by molar-refractivity contribution is -0.384. The van der Waals surface area contributed by atoms with Crippen LogP contribution in [0.1, 0.15) is 16.7 Å². The summed E-state index contributed by atoms with van der Waals surface area (Å²) in [6.07, 6.45) is 0. The molecule has 0 saturated carbocycles. The van der Waals surface area contributed by atoms with Gasteiger partial charge in [-0.25, -0.2) is 13.2 Å². The number of carbonyl (C=O) groups is 1. The molecule has 1 aliphatic rings. The average Bonchev–Trinajstić information content (AvgIpc) is 2.70. The highest BCUT2D eigenvalue weighted by atomic mass is 32.2. The van der Waals surface area contributed by atoms with E-state index in [4.69, 9.17) is 0 Å². The summed E-state index contributed by atoms with van der Waals surface area (Å²) in [6, 6.07) is 16.6. The maximum absolute atomic E-state index is 13.5. The summed E-state index contributed by atoms with van der Waals surface area (Å²) in [4.78, 5) is 25.4. The number of non-ortho nitro benzene ring substituents is 1. The molecule has 0 N–H and O–H groups in total. The summed E-state index contributed by atoms with van der Waals surface area (Å²) in [6.45, 7) is 3.63. The number of urea groups is 1. The summed E-state index contributed by atoms with van der Waals surface area (Å²) in [5.41, 5.74) is 2.54. The molecule has 2 amide bonds. The Morgan fingerprint density at radius 1 is 0.935 bits per heavy atom. The van der Waals surface area contributed by atoms with Crippen molar-refractivity contribution in [1.82, 2.24) is 0 Å². The van der Waals surface area contributed by atoms with Gasteiger partial charge in [0.1, 0.15) is 4.90 Å². The van der Waals surface area contributed by atoms with E-state index >= 15 is 0 Å². The number of rotatable bonds is 4. The first-order chi connectivity index (χ1) is 14.7. The van der Waals surface area contributed by atoms with Gasteiger partial charge >= 0.3 is 6.03 Å². The number of nitrogens with zero attached hydrogens (tertiary/aromatic N) is 3. The van der Waals surface area contributed by atoms with Crippen LogP contribution in [0.2, 0.25) is 0 Å². The van der Waals surface area contributed by atoms with Crippen LogP contribution in [0.4, 0.5) is 21.9 Å². The zero-order valence-corrected chi connectivity index (χ0v) is 17.7. The number of benzene rings is 3. The van der Waals surface area contributed by atoms with Crippen LogP contribution in [-0.2, 0) is 16.6 Å². The van der Waals surface area contributed by atoms with Gasteiger partial charge in [0.15, 0.2) is 0 Å². The number of anilines is 2. The van der Waals surface area contributed by atoms with Crippen LogP contribution in [0.25, 0.3) is 0 Å². The molecule has 1 heterocycles. The number of nitro groups is 1. The first-order valence-electron chi connectivity index (χ1n) is 9.46. The Balaban J connectivity index is 1.86. The molecular weight excluding hydrogens is 418 g/mol. The first kappa shape index (κ1) is 20.5. The van der Waals surface area contributed by atoms with Gasteiger partial charge in [0.25, 0.3) is 15.7 Å². The van der Waals surface area contributed by atoms with Crippen LogP contribution in [0.5, 0.6) is 0 Å². The lowest BCUT2D eigenvalue weighted by Gasteiger charge is -2.36. The van der Waals surface area contributed by atoms with Crippen LogP contribution in [0, 0.1) is 24.0 Å². The van der Waals surface area contributed by atoms with Gasteiger partial charge in [-0.05, 0) is 54.8 Å². The molecule has 8 nitrogen and oxygen atoms in total. The van der Waals surface area contributed by atoms with E-state index in [0.717, 1.165) is 15.4 Å². The maximum Gasteiger partial charge on any atom is 0.343 e. The Morgan fingerprint density at radius 2 is 1.61 bits per heavy atom. The topological polar surface area (TPSA) is 101 Å². The van der Waals surface area contributed by atoms with E-state index < -0.39 is 21.0 Å². The quantitative estimate of drug-likeness (QED) is 0.440. The molecule has 9 heteroatoms. The molecule has 0 atom stereocenters. The van der Waals surface area contributed by atoms with E-state index in [-0.39, 0.29) is 28.5 Å². The number of aryl methyl sites for hydroxylation is 2. The van der Waals surface area contributed by atoms with E-state index in [0.29, 0.717) is 5.56 Å². The molecule has 0 bridgehead atoms. The van der Waals surface area contributed by atoms with Gasteiger partial charge in [0.2, 0.25) is 0 Å². The number of amides is 2. The molecule has 31 heavy (non-hydrogen) atoms. The fourth-order valence-corrected chi connectivity index (χ4v) is 5.31. The molecule has 0 aliphatic carbocycles. The van der Waals surface area contributed by atoms with E-state index in [9.17, 15) is 23.3 Å². The Kier molecular flexibility index (Phi) is 4.98. The SMILES string of the molecule is Cc1cc(C)cc(N2C(=O)N(Cc3cccc([N+](=O)[O-])c3)c3ccccc3S2(=O)=O)c1. The molecular formula is C22H19N3O5S. The van der Waals surface area contributed by atoms with Gasteiger partial charge in [-0.3, -0.25) is 15.0 Å². The van der Waals surface area contributed by atoms with Crippen molar-refractivity contribution in [2.24, 2.45) is 0 Å². The molecule has 158 valence electrons. The fraction of sp³-hybridized carbons (Fsp3) is 0.136. The summed E-state index contributed by atoms with van der Waals surface area (Å²) < 4.78 is 27.5. The van der Waals surface area contributed by atoms with Crippen molar-refractivity contribution in [3.63, 3.8) is 0 Å². The van der Waals surface area contributed by atoms with E-state index in [1.807, 2.05) is 19.9 Å². The van der Waals surface area contributed by atoms with Crippen molar-refractivity contribution in [2.45, 2.75) is 25.3 Å². The highest BCUT2D eigenvalue weighted by molar-refractivity contribution is 7.94. The standard InChI is InChI=1S/C22H19N3O5S/c1-15-10-16(2)12-19(11-15)24-22(26)23(14-17-6-5-7-18(13-17)25(27)28)20-8-3-4-9-21(20)31(24,29)30/h3-13H,14H2,1-2H3. The molecule has 3 aromatic carbocycles. The second-order valence-corrected chi connectivity index (χ2v) is 9.13. The monoisotopic (exact) mass is 437 g/mol. The van der Waals surface area contributed by atoms with Gasteiger partial charge < -0.3 is 0 Å². The highest BCUT2D eigenvalue weighted by Gasteiger charge is 2.42. The Hall–Kier alpha value is -3.72. The fourth-order valence-electron chi connectivity index (χ4n) is 3.73. The van der Waals surface area contributed by atoms with Crippen molar-refractivity contribution in [3.05, 3.63) is 93.5 Å². The van der Waals surface area contributed by atoms with Crippen LogP contribution < -0.4 is 9.21 Å². The number of nitro benzene ring substituents is 1. The van der Waals surface area contributed by atoms with Crippen molar-refractivity contribution >= 4 is 33.1 Å². The largest absolute Gasteiger partial charge is 0.343 e. The van der Waals surface area contributed by atoms with Crippen molar-refractivity contribution in [2.75, 3.05) is 9.21 Å². The number of hydrogen-bond donors (Lipinski definition) is 0. The average molecular weight is 437 g/mol. The highest BCUT2D eigenvalue weighted by Crippen LogP contribution is 2.38. The Bertz CT molecular complexity index is 1300. The van der Waals surface area contributed by atoms with Crippen molar-refractivity contribution in [3.8, 4) is 0 Å². The number of fused-ring (bicyclic) bond motifs is 1. The first-order valence-corrected chi connectivity index (χ1v) is 10.9. The summed E-state index contributed by atoms with van der Waals surface area (Å²) in [5.74, 6) is 0. The van der Waals surface area contributed by atoms with E-state index in [1.54, 1.807) is 36.4 Å². The normalized spacial score (nSPS) is 15.0. The maximum atomic E-state index is 13.5. The third-order valence-electron chi connectivity index (χ3n) is 4.98. The molecule has 1 aliphatic heterocycles. The smallest absolute Gasteiger partial charge is 0.287 e. The van der Waals surface area contributed by atoms with E-state index in [2.05, 4.69) is 0 Å². The lowest BCUT2D eigenvalue weighted by Crippen LogP contribution is -2.50. The number of carbonyl (C=O) groups excluding carboxylic acids is 1. The summed E-state index contributed by atoms with van der Waals surface area (Å²) >= 11 is 0. The van der Waals surface area contributed by atoms with Crippen LogP contribution in [0.3, 0.4) is 0 Å². The Labute approximate surface area is 179 Å². The third kappa shape index (κ3) is 3.64. The van der Waals surface area contributed by atoms with Gasteiger partial charge in [-0.2, -0.15) is 4.31 Å². The third-order valence-corrected chi connectivity index (χ3v) is 6.73. The van der Waals surface area contributed by atoms with E-state index in [1.165, 1.54) is 29.2 Å². The molecule has 0 fully saturated rings.